The van der Waals surface area contributed by atoms with Crippen LogP contribution in [0.25, 0.3) is 22.0 Å². The number of methoxy groups -OCH3 is 3. The number of benzene rings is 3. The van der Waals surface area contributed by atoms with Gasteiger partial charge in [0.15, 0.2) is 0 Å². The first-order valence-electron chi connectivity index (χ1n) is 17.4. The van der Waals surface area contributed by atoms with E-state index in [0.717, 1.165) is 106 Å². The predicted molar refractivity (Wildman–Crippen MR) is 192 cm³/mol. The monoisotopic (exact) mass is 653 g/mol. The summed E-state index contributed by atoms with van der Waals surface area (Å²) in [5.74, 6) is 2.60. The summed E-state index contributed by atoms with van der Waals surface area (Å²) in [6, 6.07) is 19.4. The van der Waals surface area contributed by atoms with Gasteiger partial charge in [-0.25, -0.2) is 0 Å². The smallest absolute Gasteiger partial charge is 0.237 e. The van der Waals surface area contributed by atoms with E-state index < -0.39 is 0 Å². The summed E-state index contributed by atoms with van der Waals surface area (Å²) in [5, 5.41) is 7.71. The Kier molecular flexibility index (Phi) is 11.2. The Balaban J connectivity index is 1.16. The molecule has 4 aromatic rings. The first-order chi connectivity index (χ1) is 23.4. The van der Waals surface area contributed by atoms with Crippen LogP contribution in [0.5, 0.6) is 17.2 Å². The van der Waals surface area contributed by atoms with Crippen molar-refractivity contribution < 1.29 is 19.0 Å². The number of carbonyl (C=O) groups excluding carboxylic acids is 1. The quantitative estimate of drug-likeness (QED) is 0.182. The van der Waals surface area contributed by atoms with Crippen LogP contribution in [-0.2, 0) is 24.4 Å². The van der Waals surface area contributed by atoms with Gasteiger partial charge in [-0.2, -0.15) is 0 Å². The van der Waals surface area contributed by atoms with Gasteiger partial charge in [0.2, 0.25) is 5.91 Å². The third-order valence-electron chi connectivity index (χ3n) is 9.77. The first-order valence-corrected chi connectivity index (χ1v) is 17.4. The SMILES string of the molecule is COc1cc(C)cc(CN2CCN(Cc3ccc4c(c3)c(-c3ccc(OC)cc3OC)cn4CCCNC(=O)C3CCCCN3)CC2)c1. The molecule has 2 fully saturated rings. The van der Waals surface area contributed by atoms with Crippen molar-refractivity contribution in [2.75, 3.05) is 60.6 Å². The van der Waals surface area contributed by atoms with Crippen molar-refractivity contribution >= 4 is 16.8 Å². The van der Waals surface area contributed by atoms with Crippen LogP contribution < -0.4 is 24.8 Å². The zero-order valence-corrected chi connectivity index (χ0v) is 29.0. The third kappa shape index (κ3) is 8.14. The maximum atomic E-state index is 12.7. The van der Waals surface area contributed by atoms with E-state index in [9.17, 15) is 4.79 Å². The molecule has 3 aromatic carbocycles. The Morgan fingerprint density at radius 2 is 1.60 bits per heavy atom. The number of hydrogen-bond acceptors (Lipinski definition) is 7. The summed E-state index contributed by atoms with van der Waals surface area (Å²) in [4.78, 5) is 17.8. The number of ether oxygens (including phenoxy) is 3. The highest BCUT2D eigenvalue weighted by atomic mass is 16.5. The Labute approximate surface area is 285 Å². The van der Waals surface area contributed by atoms with Crippen LogP contribution in [0.3, 0.4) is 0 Å². The van der Waals surface area contributed by atoms with Gasteiger partial charge in [0.1, 0.15) is 17.2 Å². The number of nitrogens with one attached hydrogen (secondary N) is 2. The van der Waals surface area contributed by atoms with E-state index >= 15 is 0 Å². The minimum atomic E-state index is -0.0565. The van der Waals surface area contributed by atoms with Crippen molar-refractivity contribution in [2.45, 2.75) is 58.3 Å². The van der Waals surface area contributed by atoms with E-state index in [4.69, 9.17) is 14.2 Å². The molecule has 3 heterocycles. The molecule has 2 saturated heterocycles. The molecule has 2 N–H and O–H groups in total. The van der Waals surface area contributed by atoms with Crippen LogP contribution in [-0.4, -0.2) is 86.9 Å². The van der Waals surface area contributed by atoms with E-state index in [1.807, 2.05) is 12.1 Å². The Hall–Kier alpha value is -4.05. The lowest BCUT2D eigenvalue weighted by Gasteiger charge is -2.34. The topological polar surface area (TPSA) is 80.2 Å². The van der Waals surface area contributed by atoms with Gasteiger partial charge in [0, 0.05) is 86.7 Å². The van der Waals surface area contributed by atoms with Gasteiger partial charge in [0.05, 0.1) is 27.4 Å². The molecule has 1 amide bonds. The zero-order chi connectivity index (χ0) is 33.5. The maximum Gasteiger partial charge on any atom is 0.237 e. The van der Waals surface area contributed by atoms with E-state index in [0.29, 0.717) is 6.54 Å². The lowest BCUT2D eigenvalue weighted by molar-refractivity contribution is -0.123. The molecular formula is C39H51N5O4. The lowest BCUT2D eigenvalue weighted by Crippen LogP contribution is -2.46. The highest BCUT2D eigenvalue weighted by Crippen LogP contribution is 2.39. The first kappa shape index (κ1) is 33.8. The van der Waals surface area contributed by atoms with E-state index in [2.05, 4.69) is 80.6 Å². The molecule has 1 atom stereocenters. The van der Waals surface area contributed by atoms with Gasteiger partial charge in [-0.3, -0.25) is 14.6 Å². The number of piperazine rings is 1. The fraction of sp³-hybridized carbons (Fsp3) is 0.462. The van der Waals surface area contributed by atoms with Crippen molar-refractivity contribution in [3.8, 4) is 28.4 Å². The number of aromatic nitrogens is 1. The van der Waals surface area contributed by atoms with Crippen LogP contribution in [0.2, 0.25) is 0 Å². The molecule has 9 heteroatoms. The predicted octanol–water partition coefficient (Wildman–Crippen LogP) is 5.61. The largest absolute Gasteiger partial charge is 0.497 e. The normalized spacial score (nSPS) is 17.4. The molecule has 256 valence electrons. The van der Waals surface area contributed by atoms with E-state index in [1.165, 1.54) is 27.6 Å². The number of aryl methyl sites for hydroxylation is 2. The number of amides is 1. The summed E-state index contributed by atoms with van der Waals surface area (Å²) in [5.41, 5.74) is 7.21. The summed E-state index contributed by atoms with van der Waals surface area (Å²) in [6.07, 6.45) is 6.27. The van der Waals surface area contributed by atoms with Crippen LogP contribution in [0.15, 0.2) is 60.8 Å². The second-order valence-corrected chi connectivity index (χ2v) is 13.2. The summed E-state index contributed by atoms with van der Waals surface area (Å²) < 4.78 is 19.2. The third-order valence-corrected chi connectivity index (χ3v) is 9.77. The average Bonchev–Trinajstić information content (AvgIpc) is 3.47. The number of piperidine rings is 1. The van der Waals surface area contributed by atoms with Gasteiger partial charge >= 0.3 is 0 Å². The van der Waals surface area contributed by atoms with Crippen molar-refractivity contribution in [3.05, 3.63) is 77.5 Å². The molecule has 48 heavy (non-hydrogen) atoms. The van der Waals surface area contributed by atoms with Gasteiger partial charge in [-0.05, 0) is 85.8 Å². The second kappa shape index (κ2) is 15.9. The summed E-state index contributed by atoms with van der Waals surface area (Å²) in [7, 11) is 5.12. The highest BCUT2D eigenvalue weighted by Gasteiger charge is 2.21. The summed E-state index contributed by atoms with van der Waals surface area (Å²) >= 11 is 0. The molecule has 0 saturated carbocycles. The number of nitrogens with zero attached hydrogens (tertiary/aromatic N) is 3. The van der Waals surface area contributed by atoms with Crippen molar-refractivity contribution in [1.82, 2.24) is 25.0 Å². The molecule has 2 aliphatic rings. The number of hydrogen-bond donors (Lipinski definition) is 2. The van der Waals surface area contributed by atoms with Gasteiger partial charge < -0.3 is 29.4 Å². The number of rotatable bonds is 13. The molecule has 6 rings (SSSR count). The fourth-order valence-electron chi connectivity index (χ4n) is 7.18. The van der Waals surface area contributed by atoms with Crippen LogP contribution in [0.4, 0.5) is 0 Å². The number of fused-ring (bicyclic) bond motifs is 1. The van der Waals surface area contributed by atoms with Gasteiger partial charge in [-0.1, -0.05) is 18.6 Å². The summed E-state index contributed by atoms with van der Waals surface area (Å²) in [6.45, 7) is 10.5. The molecule has 1 aromatic heterocycles. The molecule has 1 unspecified atom stereocenters. The van der Waals surface area contributed by atoms with Crippen LogP contribution in [0, 0.1) is 6.92 Å². The zero-order valence-electron chi connectivity index (χ0n) is 29.0. The minimum absolute atomic E-state index is 0.0565. The van der Waals surface area contributed by atoms with Gasteiger partial charge in [-0.15, -0.1) is 0 Å². The molecular weight excluding hydrogens is 602 g/mol. The highest BCUT2D eigenvalue weighted by molar-refractivity contribution is 5.98. The molecule has 0 aliphatic carbocycles. The molecule has 9 nitrogen and oxygen atoms in total. The Bertz CT molecular complexity index is 1690. The Morgan fingerprint density at radius 3 is 2.31 bits per heavy atom. The second-order valence-electron chi connectivity index (χ2n) is 13.2. The molecule has 0 spiro atoms. The van der Waals surface area contributed by atoms with E-state index in [1.54, 1.807) is 21.3 Å². The Morgan fingerprint density at radius 1 is 0.833 bits per heavy atom. The lowest BCUT2D eigenvalue weighted by atomic mass is 10.0. The minimum Gasteiger partial charge on any atom is -0.497 e. The van der Waals surface area contributed by atoms with Crippen LogP contribution in [0.1, 0.15) is 42.4 Å². The van der Waals surface area contributed by atoms with Crippen LogP contribution >= 0.6 is 0 Å². The van der Waals surface area contributed by atoms with Crippen molar-refractivity contribution in [1.29, 1.82) is 0 Å². The standard InChI is InChI=1S/C39H51N5O4/c1-28-20-30(22-32(21-28)47-3)26-43-18-16-42(17-19-43)25-29-9-12-37-34(23-29)35(33-11-10-31(46-2)24-38(33)48-4)27-44(37)15-7-14-41-39(45)36-8-5-6-13-40-36/h9-12,20-24,27,36,40H,5-8,13-19,25-26H2,1-4H3,(H,41,45). The molecule has 0 bridgehead atoms. The number of carbonyl (C=O) groups is 1. The van der Waals surface area contributed by atoms with Crippen molar-refractivity contribution in [3.63, 3.8) is 0 Å². The average molecular weight is 654 g/mol. The van der Waals surface area contributed by atoms with Gasteiger partial charge in [0.25, 0.3) is 0 Å². The molecule has 2 aliphatic heterocycles. The maximum absolute atomic E-state index is 12.7. The van der Waals surface area contributed by atoms with E-state index in [-0.39, 0.29) is 11.9 Å². The van der Waals surface area contributed by atoms with Crippen molar-refractivity contribution in [2.24, 2.45) is 0 Å². The molecule has 0 radical (unpaired) electrons. The fourth-order valence-corrected chi connectivity index (χ4v) is 7.18.